The number of rotatable bonds is 2. The first-order valence-corrected chi connectivity index (χ1v) is 7.27. The molecular weight excluding hydrogens is 248 g/mol. The lowest BCUT2D eigenvalue weighted by molar-refractivity contribution is 0.511. The molecule has 0 spiro atoms. The maximum atomic E-state index is 9.38. The number of nitrogens with zero attached hydrogens (tertiary/aromatic N) is 2. The Balaban J connectivity index is 0.000000704. The molecule has 106 valence electrons. The van der Waals surface area contributed by atoms with Crippen LogP contribution in [-0.4, -0.2) is 14.7 Å². The van der Waals surface area contributed by atoms with Gasteiger partial charge >= 0.3 is 0 Å². The highest BCUT2D eigenvalue weighted by molar-refractivity contribution is 5.55. The Morgan fingerprint density at radius 2 is 2.05 bits per heavy atom. The maximum absolute atomic E-state index is 9.38. The van der Waals surface area contributed by atoms with Crippen molar-refractivity contribution in [3.8, 4) is 0 Å². The lowest BCUT2D eigenvalue weighted by Crippen LogP contribution is -2.07. The summed E-state index contributed by atoms with van der Waals surface area (Å²) in [6.45, 7) is 7.52. The van der Waals surface area contributed by atoms with Crippen molar-refractivity contribution < 1.29 is 5.11 Å². The number of imidazole rings is 1. The van der Waals surface area contributed by atoms with Crippen LogP contribution in [0.2, 0.25) is 0 Å². The second-order valence-electron chi connectivity index (χ2n) is 4.71. The van der Waals surface area contributed by atoms with Crippen LogP contribution < -0.4 is 0 Å². The van der Waals surface area contributed by atoms with Gasteiger partial charge in [0.15, 0.2) is 0 Å². The van der Waals surface area contributed by atoms with Gasteiger partial charge in [-0.15, -0.1) is 0 Å². The molecule has 0 saturated heterocycles. The molecule has 1 aliphatic heterocycles. The summed E-state index contributed by atoms with van der Waals surface area (Å²) in [5, 5.41) is 9.38. The van der Waals surface area contributed by atoms with Crippen molar-refractivity contribution in [2.24, 2.45) is 0 Å². The standard InChI is InChI=1S/C15H16N2O.C2H6/c1-11(18)14-10-17-9-13(7-8-15(17)16-14)12-5-3-2-4-6-12;1-2/h2-3,5,9-10,18H,1,4,6-8H2;1-2H3. The van der Waals surface area contributed by atoms with Gasteiger partial charge in [0.25, 0.3) is 0 Å². The molecule has 3 nitrogen and oxygen atoms in total. The molecule has 2 heterocycles. The van der Waals surface area contributed by atoms with Crippen molar-refractivity contribution in [2.75, 3.05) is 0 Å². The zero-order valence-corrected chi connectivity index (χ0v) is 12.3. The van der Waals surface area contributed by atoms with Crippen molar-refractivity contribution in [1.82, 2.24) is 9.55 Å². The van der Waals surface area contributed by atoms with E-state index in [0.29, 0.717) is 5.69 Å². The second-order valence-corrected chi connectivity index (χ2v) is 4.71. The monoisotopic (exact) mass is 270 g/mol. The van der Waals surface area contributed by atoms with Gasteiger partial charge in [-0.3, -0.25) is 0 Å². The normalized spacial score (nSPS) is 16.5. The van der Waals surface area contributed by atoms with Gasteiger partial charge in [-0.1, -0.05) is 38.7 Å². The van der Waals surface area contributed by atoms with Crippen LogP contribution in [0.15, 0.2) is 42.2 Å². The highest BCUT2D eigenvalue weighted by atomic mass is 16.3. The lowest BCUT2D eigenvalue weighted by atomic mass is 9.93. The number of hydrogen-bond donors (Lipinski definition) is 1. The van der Waals surface area contributed by atoms with E-state index in [1.807, 2.05) is 24.6 Å². The third-order valence-electron chi connectivity index (χ3n) is 3.44. The van der Waals surface area contributed by atoms with E-state index in [9.17, 15) is 5.11 Å². The number of hydrogen-bond acceptors (Lipinski definition) is 2. The number of aromatic nitrogens is 2. The minimum atomic E-state index is 0.0339. The molecular formula is C17H22N2O. The molecule has 1 N–H and O–H groups in total. The first-order valence-electron chi connectivity index (χ1n) is 7.27. The Bertz CT molecular complexity index is 588. The molecule has 3 heteroatoms. The summed E-state index contributed by atoms with van der Waals surface area (Å²) in [5.74, 6) is 1.03. The average molecular weight is 270 g/mol. The number of allylic oxidation sites excluding steroid dienone is 5. The minimum absolute atomic E-state index is 0.0339. The lowest BCUT2D eigenvalue weighted by Gasteiger charge is -2.18. The molecule has 0 unspecified atom stereocenters. The third-order valence-corrected chi connectivity index (χ3v) is 3.44. The van der Waals surface area contributed by atoms with Crippen LogP contribution >= 0.6 is 0 Å². The predicted molar refractivity (Wildman–Crippen MR) is 84.3 cm³/mol. The van der Waals surface area contributed by atoms with Gasteiger partial charge in [0.2, 0.25) is 0 Å². The van der Waals surface area contributed by atoms with E-state index in [2.05, 4.69) is 36.0 Å². The quantitative estimate of drug-likeness (QED) is 0.803. The molecule has 3 rings (SSSR count). The summed E-state index contributed by atoms with van der Waals surface area (Å²) >= 11 is 0. The Kier molecular flexibility index (Phi) is 4.61. The third kappa shape index (κ3) is 2.93. The molecule has 0 aromatic carbocycles. The molecule has 0 bridgehead atoms. The predicted octanol–water partition coefficient (Wildman–Crippen LogP) is 4.50. The van der Waals surface area contributed by atoms with Gasteiger partial charge in [-0.05, 0) is 30.4 Å². The molecule has 0 fully saturated rings. The molecule has 2 aliphatic rings. The van der Waals surface area contributed by atoms with Crippen LogP contribution in [0, 0.1) is 0 Å². The zero-order valence-electron chi connectivity index (χ0n) is 12.3. The second kappa shape index (κ2) is 6.42. The largest absolute Gasteiger partial charge is 0.506 e. The van der Waals surface area contributed by atoms with Crippen molar-refractivity contribution in [3.63, 3.8) is 0 Å². The van der Waals surface area contributed by atoms with E-state index in [1.165, 1.54) is 11.1 Å². The van der Waals surface area contributed by atoms with Crippen molar-refractivity contribution in [2.45, 2.75) is 39.5 Å². The van der Waals surface area contributed by atoms with E-state index < -0.39 is 0 Å². The average Bonchev–Trinajstić information content (AvgIpc) is 2.93. The van der Waals surface area contributed by atoms with Crippen LogP contribution in [-0.2, 0) is 6.42 Å². The topological polar surface area (TPSA) is 38.0 Å². The fraction of sp³-hybridized carbons (Fsp3) is 0.353. The molecule has 0 atom stereocenters. The summed E-state index contributed by atoms with van der Waals surface area (Å²) in [5.41, 5.74) is 3.36. The summed E-state index contributed by atoms with van der Waals surface area (Å²) in [6, 6.07) is 0. The SMILES string of the molecule is C=C(O)c1cn2c(n1)CCC(C1=CC=CCC1)=C2.CC. The van der Waals surface area contributed by atoms with Crippen LogP contribution in [0.3, 0.4) is 0 Å². The van der Waals surface area contributed by atoms with Gasteiger partial charge in [-0.2, -0.15) is 0 Å². The number of aliphatic hydroxyl groups is 1. The fourth-order valence-corrected chi connectivity index (χ4v) is 2.46. The molecule has 1 aliphatic carbocycles. The summed E-state index contributed by atoms with van der Waals surface area (Å²) < 4.78 is 2.01. The van der Waals surface area contributed by atoms with Gasteiger partial charge in [0.1, 0.15) is 17.3 Å². The Hall–Kier alpha value is -2.03. The van der Waals surface area contributed by atoms with Gasteiger partial charge in [-0.25, -0.2) is 4.98 Å². The summed E-state index contributed by atoms with van der Waals surface area (Å²) in [6.07, 6.45) is 14.7. The highest BCUT2D eigenvalue weighted by Crippen LogP contribution is 2.28. The van der Waals surface area contributed by atoms with Gasteiger partial charge in [0, 0.05) is 18.8 Å². The summed E-state index contributed by atoms with van der Waals surface area (Å²) in [4.78, 5) is 4.37. The molecule has 1 aromatic rings. The maximum Gasteiger partial charge on any atom is 0.135 e. The number of aliphatic hydroxyl groups excluding tert-OH is 1. The van der Waals surface area contributed by atoms with E-state index in [1.54, 1.807) is 0 Å². The molecule has 20 heavy (non-hydrogen) atoms. The van der Waals surface area contributed by atoms with Crippen molar-refractivity contribution >= 4 is 12.0 Å². The number of aryl methyl sites for hydroxylation is 1. The molecule has 0 radical (unpaired) electrons. The first kappa shape index (κ1) is 14.4. The molecule has 0 amide bonds. The van der Waals surface area contributed by atoms with Crippen molar-refractivity contribution in [3.05, 3.63) is 53.7 Å². The smallest absolute Gasteiger partial charge is 0.135 e. The minimum Gasteiger partial charge on any atom is -0.506 e. The van der Waals surface area contributed by atoms with Gasteiger partial charge in [0.05, 0.1) is 0 Å². The van der Waals surface area contributed by atoms with Crippen LogP contribution in [0.5, 0.6) is 0 Å². The van der Waals surface area contributed by atoms with Crippen LogP contribution in [0.25, 0.3) is 12.0 Å². The Morgan fingerprint density at radius 3 is 2.70 bits per heavy atom. The van der Waals surface area contributed by atoms with Crippen molar-refractivity contribution in [1.29, 1.82) is 0 Å². The van der Waals surface area contributed by atoms with Crippen LogP contribution in [0.4, 0.5) is 0 Å². The molecule has 0 saturated carbocycles. The zero-order chi connectivity index (χ0) is 14.5. The highest BCUT2D eigenvalue weighted by Gasteiger charge is 2.16. The first-order chi connectivity index (χ1) is 9.74. The Labute approximate surface area is 120 Å². The van der Waals surface area contributed by atoms with Crippen LogP contribution in [0.1, 0.15) is 44.6 Å². The van der Waals surface area contributed by atoms with E-state index in [0.717, 1.165) is 31.5 Å². The summed E-state index contributed by atoms with van der Waals surface area (Å²) in [7, 11) is 0. The number of fused-ring (bicyclic) bond motifs is 1. The molecule has 1 aromatic heterocycles. The van der Waals surface area contributed by atoms with E-state index in [-0.39, 0.29) is 5.76 Å². The fourth-order valence-electron chi connectivity index (χ4n) is 2.46. The van der Waals surface area contributed by atoms with E-state index >= 15 is 0 Å². The van der Waals surface area contributed by atoms with Gasteiger partial charge < -0.3 is 9.67 Å². The van der Waals surface area contributed by atoms with E-state index in [4.69, 9.17) is 0 Å². The Morgan fingerprint density at radius 1 is 1.25 bits per heavy atom.